The molecule has 5 aliphatic rings. The zero-order chi connectivity index (χ0) is 24.4. The van der Waals surface area contributed by atoms with Crippen LogP contribution in [0.3, 0.4) is 0 Å². The van der Waals surface area contributed by atoms with Gasteiger partial charge in [-0.05, 0) is 55.4 Å². The minimum absolute atomic E-state index is 0.291. The first-order chi connectivity index (χ1) is 17.5. The number of primary amides is 1. The van der Waals surface area contributed by atoms with Crippen molar-refractivity contribution in [2.24, 2.45) is 17.6 Å². The van der Waals surface area contributed by atoms with Gasteiger partial charge in [-0.25, -0.2) is 9.78 Å². The zero-order valence-electron chi connectivity index (χ0n) is 20.5. The van der Waals surface area contributed by atoms with Crippen LogP contribution in [0.5, 0.6) is 0 Å². The number of nitrogens with zero attached hydrogens (tertiary/aromatic N) is 4. The number of aromatic nitrogens is 2. The first-order valence-corrected chi connectivity index (χ1v) is 14.5. The molecule has 0 radical (unpaired) electrons. The quantitative estimate of drug-likeness (QED) is 0.546. The van der Waals surface area contributed by atoms with Gasteiger partial charge in [0.05, 0.1) is 22.0 Å². The van der Waals surface area contributed by atoms with Gasteiger partial charge in [0.2, 0.25) is 5.95 Å². The molecule has 3 aliphatic heterocycles. The SMILES string of the molecule is NC(=O)NCC1(Nc2nc(N3CC4CN(c5ccc6c(c5)CC6)CC4C3)nc3c2[S@](=O)CC3)CCC1. The molecule has 1 saturated carbocycles. The monoisotopic (exact) mass is 507 g/mol. The largest absolute Gasteiger partial charge is 0.371 e. The van der Waals surface area contributed by atoms with Crippen LogP contribution in [0.25, 0.3) is 0 Å². The van der Waals surface area contributed by atoms with Crippen molar-refractivity contribution in [3.8, 4) is 0 Å². The Morgan fingerprint density at radius 3 is 2.44 bits per heavy atom. The number of aryl methyl sites for hydroxylation is 3. The smallest absolute Gasteiger partial charge is 0.312 e. The maximum atomic E-state index is 12.8. The maximum absolute atomic E-state index is 12.8. The van der Waals surface area contributed by atoms with Crippen LogP contribution in [-0.4, -0.2) is 64.2 Å². The third kappa shape index (κ3) is 3.72. The van der Waals surface area contributed by atoms with Crippen LogP contribution in [0, 0.1) is 11.8 Å². The van der Waals surface area contributed by atoms with Crippen molar-refractivity contribution in [2.45, 2.75) is 49.0 Å². The summed E-state index contributed by atoms with van der Waals surface area (Å²) in [5, 5.41) is 6.34. The second-order valence-electron chi connectivity index (χ2n) is 11.2. The zero-order valence-corrected chi connectivity index (χ0v) is 21.3. The van der Waals surface area contributed by atoms with Crippen LogP contribution < -0.4 is 26.2 Å². The number of benzene rings is 1. The predicted octanol–water partition coefficient (Wildman–Crippen LogP) is 1.81. The predicted molar refractivity (Wildman–Crippen MR) is 140 cm³/mol. The number of anilines is 3. The van der Waals surface area contributed by atoms with Gasteiger partial charge in [-0.1, -0.05) is 6.07 Å². The lowest BCUT2D eigenvalue weighted by atomic mass is 9.76. The lowest BCUT2D eigenvalue weighted by Gasteiger charge is -2.43. The van der Waals surface area contributed by atoms with Crippen LogP contribution in [0.4, 0.5) is 22.2 Å². The summed E-state index contributed by atoms with van der Waals surface area (Å²) < 4.78 is 12.8. The van der Waals surface area contributed by atoms with E-state index in [4.69, 9.17) is 15.7 Å². The van der Waals surface area contributed by atoms with Crippen LogP contribution in [0.2, 0.25) is 0 Å². The minimum atomic E-state index is -1.10. The van der Waals surface area contributed by atoms with Crippen LogP contribution >= 0.6 is 0 Å². The number of nitrogens with two attached hydrogens (primary N) is 1. The second-order valence-corrected chi connectivity index (χ2v) is 12.7. The van der Waals surface area contributed by atoms with E-state index in [0.717, 1.165) is 62.0 Å². The van der Waals surface area contributed by atoms with Gasteiger partial charge in [0, 0.05) is 62.4 Å². The molecule has 1 aromatic heterocycles. The molecule has 4 heterocycles. The Bertz CT molecular complexity index is 1250. The van der Waals surface area contributed by atoms with E-state index in [1.165, 1.54) is 29.7 Å². The number of urea groups is 1. The summed E-state index contributed by atoms with van der Waals surface area (Å²) in [6.45, 7) is 4.48. The van der Waals surface area contributed by atoms with E-state index >= 15 is 0 Å². The minimum Gasteiger partial charge on any atom is -0.371 e. The number of carbonyl (C=O) groups is 1. The molecule has 3 atom stereocenters. The van der Waals surface area contributed by atoms with Crippen molar-refractivity contribution in [3.63, 3.8) is 0 Å². The molecule has 36 heavy (non-hydrogen) atoms. The lowest BCUT2D eigenvalue weighted by molar-refractivity contribution is 0.233. The van der Waals surface area contributed by atoms with Gasteiger partial charge >= 0.3 is 6.03 Å². The fourth-order valence-electron chi connectivity index (χ4n) is 6.61. The molecule has 2 aliphatic carbocycles. The molecule has 10 heteroatoms. The Balaban J connectivity index is 1.10. The molecule has 7 rings (SSSR count). The van der Waals surface area contributed by atoms with Crippen LogP contribution in [0.15, 0.2) is 23.1 Å². The van der Waals surface area contributed by atoms with Gasteiger partial charge in [0.15, 0.2) is 0 Å². The number of amides is 2. The Morgan fingerprint density at radius 2 is 1.81 bits per heavy atom. The standard InChI is InChI=1S/C26H33N7O2S/c27-24(34)28-15-26(7-1-8-26)31-23-22-21(6-9-36(22)35)29-25(30-23)33-13-18-11-32(12-19(18)14-33)20-5-4-16-2-3-17(16)10-20/h4-5,10,18-19H,1-3,6-9,11-15H2,(H3,27,28,34)(H,29,30,31)/t18?,19?,36-/m1/s1. The number of hydrogen-bond donors (Lipinski definition) is 3. The highest BCUT2D eigenvalue weighted by Gasteiger charge is 2.43. The van der Waals surface area contributed by atoms with Gasteiger partial charge in [-0.3, -0.25) is 4.21 Å². The molecule has 0 spiro atoms. The molecular weight excluding hydrogens is 474 g/mol. The van der Waals surface area contributed by atoms with Gasteiger partial charge in [0.25, 0.3) is 0 Å². The Morgan fingerprint density at radius 1 is 1.06 bits per heavy atom. The number of nitrogens with one attached hydrogen (secondary N) is 2. The number of fused-ring (bicyclic) bond motifs is 3. The van der Waals surface area contributed by atoms with Crippen LogP contribution in [0.1, 0.15) is 36.1 Å². The average Bonchev–Trinajstić information content (AvgIpc) is 3.49. The fraction of sp³-hybridized carbons (Fsp3) is 0.577. The summed E-state index contributed by atoms with van der Waals surface area (Å²) in [5.41, 5.74) is 10.3. The molecule has 4 N–H and O–H groups in total. The van der Waals surface area contributed by atoms with E-state index in [0.29, 0.717) is 36.4 Å². The highest BCUT2D eigenvalue weighted by Crippen LogP contribution is 2.40. The Kier molecular flexibility index (Phi) is 5.16. The average molecular weight is 508 g/mol. The van der Waals surface area contributed by atoms with E-state index < -0.39 is 16.8 Å². The molecule has 2 unspecified atom stereocenters. The molecular formula is C26H33N7O2S. The highest BCUT2D eigenvalue weighted by molar-refractivity contribution is 7.85. The summed E-state index contributed by atoms with van der Waals surface area (Å²) in [4.78, 5) is 26.8. The summed E-state index contributed by atoms with van der Waals surface area (Å²) in [6, 6.07) is 6.46. The highest BCUT2D eigenvalue weighted by atomic mass is 32.2. The molecule has 2 aromatic rings. The maximum Gasteiger partial charge on any atom is 0.312 e. The molecule has 0 bridgehead atoms. The Labute approximate surface area is 213 Å². The normalized spacial score (nSPS) is 27.1. The molecule has 9 nitrogen and oxygen atoms in total. The Hall–Kier alpha value is -2.88. The van der Waals surface area contributed by atoms with E-state index in [-0.39, 0.29) is 5.54 Å². The van der Waals surface area contributed by atoms with Crippen molar-refractivity contribution in [1.29, 1.82) is 0 Å². The van der Waals surface area contributed by atoms with E-state index in [1.54, 1.807) is 0 Å². The molecule has 2 amide bonds. The fourth-order valence-corrected chi connectivity index (χ4v) is 7.92. The first-order valence-electron chi connectivity index (χ1n) is 13.2. The summed E-state index contributed by atoms with van der Waals surface area (Å²) in [5.74, 6) is 3.20. The van der Waals surface area contributed by atoms with Gasteiger partial charge in [-0.2, -0.15) is 4.98 Å². The van der Waals surface area contributed by atoms with E-state index in [9.17, 15) is 9.00 Å². The molecule has 1 aromatic carbocycles. The lowest BCUT2D eigenvalue weighted by Crippen LogP contribution is -2.54. The third-order valence-corrected chi connectivity index (χ3v) is 10.4. The molecule has 190 valence electrons. The molecule has 2 saturated heterocycles. The van der Waals surface area contributed by atoms with Crippen molar-refractivity contribution in [2.75, 3.05) is 53.6 Å². The summed E-state index contributed by atoms with van der Waals surface area (Å²) in [6.07, 6.45) is 6.07. The third-order valence-electron chi connectivity index (χ3n) is 8.96. The van der Waals surface area contributed by atoms with Gasteiger partial charge in [0.1, 0.15) is 10.7 Å². The van der Waals surface area contributed by atoms with E-state index in [2.05, 4.69) is 38.6 Å². The summed E-state index contributed by atoms with van der Waals surface area (Å²) in [7, 11) is -1.10. The summed E-state index contributed by atoms with van der Waals surface area (Å²) >= 11 is 0. The van der Waals surface area contributed by atoms with Gasteiger partial charge < -0.3 is 26.2 Å². The van der Waals surface area contributed by atoms with Crippen LogP contribution in [-0.2, 0) is 30.1 Å². The first kappa shape index (κ1) is 22.3. The molecule has 3 fully saturated rings. The number of hydrogen-bond acceptors (Lipinski definition) is 7. The van der Waals surface area contributed by atoms with Gasteiger partial charge in [-0.15, -0.1) is 0 Å². The second kappa shape index (κ2) is 8.33. The van der Waals surface area contributed by atoms with Crippen molar-refractivity contribution in [1.82, 2.24) is 15.3 Å². The number of carbonyl (C=O) groups excluding carboxylic acids is 1. The van der Waals surface area contributed by atoms with Crippen molar-refractivity contribution < 1.29 is 9.00 Å². The van der Waals surface area contributed by atoms with E-state index in [1.807, 2.05) is 0 Å². The number of rotatable bonds is 6. The van der Waals surface area contributed by atoms with Crippen molar-refractivity contribution >= 4 is 34.3 Å². The van der Waals surface area contributed by atoms with Crippen molar-refractivity contribution in [3.05, 3.63) is 35.0 Å². The topological polar surface area (TPSA) is 116 Å².